The molecule has 0 radical (unpaired) electrons. The van der Waals surface area contributed by atoms with Gasteiger partial charge in [-0.2, -0.15) is 0 Å². The molecule has 4 nitrogen and oxygen atoms in total. The van der Waals surface area contributed by atoms with E-state index in [-0.39, 0.29) is 5.97 Å². The largest absolute Gasteiger partial charge is 0.466 e. The maximum atomic E-state index is 11.4. The van der Waals surface area contributed by atoms with Crippen LogP contribution in [0.3, 0.4) is 0 Å². The van der Waals surface area contributed by atoms with Crippen molar-refractivity contribution in [3.05, 3.63) is 11.6 Å². The summed E-state index contributed by atoms with van der Waals surface area (Å²) in [6.07, 6.45) is 5.23. The van der Waals surface area contributed by atoms with E-state index >= 15 is 0 Å². The van der Waals surface area contributed by atoms with Crippen LogP contribution in [0.15, 0.2) is 11.6 Å². The van der Waals surface area contributed by atoms with Crippen molar-refractivity contribution in [1.82, 2.24) is 5.32 Å². The van der Waals surface area contributed by atoms with E-state index in [4.69, 9.17) is 9.47 Å². The van der Waals surface area contributed by atoms with Crippen LogP contribution in [0.2, 0.25) is 0 Å². The van der Waals surface area contributed by atoms with Crippen LogP contribution in [-0.4, -0.2) is 38.9 Å². The molecule has 0 amide bonds. The van der Waals surface area contributed by atoms with Crippen molar-refractivity contribution < 1.29 is 14.3 Å². The van der Waals surface area contributed by atoms with Crippen LogP contribution in [0.25, 0.3) is 0 Å². The Labute approximate surface area is 110 Å². The minimum absolute atomic E-state index is 0.227. The second kappa shape index (κ2) is 8.27. The normalized spacial score (nSPS) is 24.3. The number of hydrogen-bond acceptors (Lipinski definition) is 4. The van der Waals surface area contributed by atoms with Crippen LogP contribution in [0.4, 0.5) is 0 Å². The summed E-state index contributed by atoms with van der Waals surface area (Å²) >= 11 is 0. The third-order valence-electron chi connectivity index (χ3n) is 3.48. The molecule has 0 saturated carbocycles. The van der Waals surface area contributed by atoms with Gasteiger partial charge in [0.25, 0.3) is 0 Å². The average molecular weight is 255 g/mol. The summed E-state index contributed by atoms with van der Waals surface area (Å²) in [6.45, 7) is 6.66. The first-order valence-corrected chi connectivity index (χ1v) is 6.82. The lowest BCUT2D eigenvalue weighted by molar-refractivity contribution is -0.136. The van der Waals surface area contributed by atoms with Crippen LogP contribution >= 0.6 is 0 Å². The van der Waals surface area contributed by atoms with Gasteiger partial charge in [-0.25, -0.2) is 4.79 Å². The molecule has 4 heteroatoms. The van der Waals surface area contributed by atoms with Gasteiger partial charge in [-0.05, 0) is 25.2 Å². The summed E-state index contributed by atoms with van der Waals surface area (Å²) in [5, 5.41) is 3.37. The summed E-state index contributed by atoms with van der Waals surface area (Å²) in [4.78, 5) is 11.4. The lowest BCUT2D eigenvalue weighted by Crippen LogP contribution is -2.28. The van der Waals surface area contributed by atoms with Gasteiger partial charge < -0.3 is 14.8 Å². The van der Waals surface area contributed by atoms with E-state index in [2.05, 4.69) is 12.2 Å². The van der Waals surface area contributed by atoms with E-state index < -0.39 is 0 Å². The zero-order chi connectivity index (χ0) is 13.4. The Hall–Kier alpha value is -0.870. The van der Waals surface area contributed by atoms with Gasteiger partial charge in [-0.3, -0.25) is 0 Å². The molecule has 0 aromatic carbocycles. The number of hydrogen-bond donors (Lipinski definition) is 1. The molecule has 0 aliphatic carbocycles. The van der Waals surface area contributed by atoms with E-state index in [1.54, 1.807) is 0 Å². The third kappa shape index (κ3) is 4.42. The molecule has 1 N–H and O–H groups in total. The fourth-order valence-corrected chi connectivity index (χ4v) is 2.34. The van der Waals surface area contributed by atoms with E-state index in [1.165, 1.54) is 7.11 Å². The maximum Gasteiger partial charge on any atom is 0.333 e. The molecule has 0 aromatic rings. The van der Waals surface area contributed by atoms with E-state index in [0.29, 0.717) is 25.0 Å². The number of nitrogens with one attached hydrogen (secondary N) is 1. The molecule has 1 aliphatic heterocycles. The van der Waals surface area contributed by atoms with Gasteiger partial charge >= 0.3 is 5.97 Å². The fraction of sp³-hybridized carbons (Fsp3) is 0.786. The fourth-order valence-electron chi connectivity index (χ4n) is 2.34. The van der Waals surface area contributed by atoms with Gasteiger partial charge in [0.2, 0.25) is 0 Å². The minimum Gasteiger partial charge on any atom is -0.466 e. The molecule has 1 saturated heterocycles. The van der Waals surface area contributed by atoms with Gasteiger partial charge in [0.05, 0.1) is 13.2 Å². The van der Waals surface area contributed by atoms with E-state index in [1.807, 2.05) is 13.0 Å². The SMILES string of the molecule is CC/C(=C/CNCC1CCOC1CC)C(=O)OC. The van der Waals surface area contributed by atoms with Crippen molar-refractivity contribution in [2.45, 2.75) is 39.2 Å². The molecule has 0 spiro atoms. The highest BCUT2D eigenvalue weighted by Gasteiger charge is 2.25. The lowest BCUT2D eigenvalue weighted by Gasteiger charge is -2.16. The summed E-state index contributed by atoms with van der Waals surface area (Å²) < 4.78 is 10.4. The van der Waals surface area contributed by atoms with Crippen molar-refractivity contribution in [1.29, 1.82) is 0 Å². The van der Waals surface area contributed by atoms with Crippen LogP contribution in [0.1, 0.15) is 33.1 Å². The van der Waals surface area contributed by atoms with Crippen molar-refractivity contribution in [2.75, 3.05) is 26.8 Å². The Kier molecular flexibility index (Phi) is 6.98. The standard InChI is InChI=1S/C14H25NO3/c1-4-11(14(16)17-3)6-8-15-10-12-7-9-18-13(12)5-2/h6,12-13,15H,4-5,7-10H2,1-3H3/b11-6-. The van der Waals surface area contributed by atoms with Crippen molar-refractivity contribution >= 4 is 5.97 Å². The Bertz CT molecular complexity index is 289. The predicted octanol–water partition coefficient (Wildman–Crippen LogP) is 1.90. The van der Waals surface area contributed by atoms with Gasteiger partial charge in [-0.1, -0.05) is 19.9 Å². The molecule has 0 bridgehead atoms. The molecule has 2 atom stereocenters. The smallest absolute Gasteiger partial charge is 0.333 e. The second-order valence-corrected chi connectivity index (χ2v) is 4.60. The van der Waals surface area contributed by atoms with Crippen molar-refractivity contribution in [3.63, 3.8) is 0 Å². The first-order valence-electron chi connectivity index (χ1n) is 6.82. The third-order valence-corrected chi connectivity index (χ3v) is 3.48. The number of carbonyl (C=O) groups excluding carboxylic acids is 1. The zero-order valence-electron chi connectivity index (χ0n) is 11.7. The number of methoxy groups -OCH3 is 1. The monoisotopic (exact) mass is 255 g/mol. The number of rotatable bonds is 7. The molecular weight excluding hydrogens is 230 g/mol. The van der Waals surface area contributed by atoms with E-state index in [0.717, 1.165) is 31.6 Å². The molecular formula is C14H25NO3. The van der Waals surface area contributed by atoms with E-state index in [9.17, 15) is 4.79 Å². The van der Waals surface area contributed by atoms with Crippen molar-refractivity contribution in [3.8, 4) is 0 Å². The molecule has 0 aromatic heterocycles. The lowest BCUT2D eigenvalue weighted by atomic mass is 10.00. The second-order valence-electron chi connectivity index (χ2n) is 4.60. The minimum atomic E-state index is -0.227. The first kappa shape index (κ1) is 15.2. The highest BCUT2D eigenvalue weighted by molar-refractivity contribution is 5.88. The summed E-state index contributed by atoms with van der Waals surface area (Å²) in [6, 6.07) is 0. The quantitative estimate of drug-likeness (QED) is 0.429. The molecule has 18 heavy (non-hydrogen) atoms. The Balaban J connectivity index is 2.28. The van der Waals surface area contributed by atoms with Crippen molar-refractivity contribution in [2.24, 2.45) is 5.92 Å². The summed E-state index contributed by atoms with van der Waals surface area (Å²) in [5.74, 6) is 0.376. The van der Waals surface area contributed by atoms with Crippen LogP contribution in [-0.2, 0) is 14.3 Å². The van der Waals surface area contributed by atoms with Crippen LogP contribution in [0, 0.1) is 5.92 Å². The zero-order valence-corrected chi connectivity index (χ0v) is 11.7. The predicted molar refractivity (Wildman–Crippen MR) is 71.4 cm³/mol. The highest BCUT2D eigenvalue weighted by atomic mass is 16.5. The van der Waals surface area contributed by atoms with Gasteiger partial charge in [0.15, 0.2) is 0 Å². The Morgan fingerprint density at radius 2 is 2.28 bits per heavy atom. The Morgan fingerprint density at radius 1 is 1.50 bits per heavy atom. The summed E-state index contributed by atoms with van der Waals surface area (Å²) in [5.41, 5.74) is 0.736. The number of carbonyl (C=O) groups is 1. The van der Waals surface area contributed by atoms with Crippen LogP contribution < -0.4 is 5.32 Å². The summed E-state index contributed by atoms with van der Waals surface area (Å²) in [7, 11) is 1.42. The molecule has 1 aliphatic rings. The molecule has 2 unspecified atom stereocenters. The van der Waals surface area contributed by atoms with Crippen LogP contribution in [0.5, 0.6) is 0 Å². The van der Waals surface area contributed by atoms with Gasteiger partial charge in [0.1, 0.15) is 0 Å². The molecule has 104 valence electrons. The number of esters is 1. The topological polar surface area (TPSA) is 47.6 Å². The molecule has 1 heterocycles. The van der Waals surface area contributed by atoms with Gasteiger partial charge in [-0.15, -0.1) is 0 Å². The highest BCUT2D eigenvalue weighted by Crippen LogP contribution is 2.22. The number of ether oxygens (including phenoxy) is 2. The van der Waals surface area contributed by atoms with Gasteiger partial charge in [0, 0.05) is 25.3 Å². The molecule has 1 fully saturated rings. The average Bonchev–Trinajstić information content (AvgIpc) is 2.85. The first-order chi connectivity index (χ1) is 8.72. The maximum absolute atomic E-state index is 11.4. The molecule has 1 rings (SSSR count). The Morgan fingerprint density at radius 3 is 2.89 bits per heavy atom.